The predicted molar refractivity (Wildman–Crippen MR) is 50.8 cm³/mol. The van der Waals surface area contributed by atoms with Crippen molar-refractivity contribution in [3.8, 4) is 11.4 Å². The van der Waals surface area contributed by atoms with Gasteiger partial charge in [-0.05, 0) is 12.1 Å². The molecule has 0 saturated carbocycles. The highest BCUT2D eigenvalue weighted by atomic mass is 19.1. The molecule has 0 atom stereocenters. The second-order valence-corrected chi connectivity index (χ2v) is 2.89. The van der Waals surface area contributed by atoms with Crippen molar-refractivity contribution in [1.82, 2.24) is 14.8 Å². The lowest BCUT2D eigenvalue weighted by Crippen LogP contribution is -1.97. The Morgan fingerprint density at radius 3 is 2.71 bits per heavy atom. The number of aryl methyl sites for hydroxylation is 1. The summed E-state index contributed by atoms with van der Waals surface area (Å²) in [6.07, 6.45) is 1.58. The van der Waals surface area contributed by atoms with Gasteiger partial charge in [0.25, 0.3) is 0 Å². The van der Waals surface area contributed by atoms with Gasteiger partial charge in [0.15, 0.2) is 11.6 Å². The van der Waals surface area contributed by atoms with Crippen LogP contribution in [-0.2, 0) is 7.05 Å². The van der Waals surface area contributed by atoms with Gasteiger partial charge in [-0.25, -0.2) is 9.07 Å². The van der Waals surface area contributed by atoms with E-state index in [-0.39, 0.29) is 11.5 Å². The van der Waals surface area contributed by atoms with E-state index in [0.29, 0.717) is 5.69 Å². The molecule has 2 aromatic rings. The van der Waals surface area contributed by atoms with Gasteiger partial charge in [0.2, 0.25) is 0 Å². The minimum Gasteiger partial charge on any atom is -0.381 e. The van der Waals surface area contributed by atoms with Crippen LogP contribution in [0.15, 0.2) is 24.4 Å². The first kappa shape index (κ1) is 8.68. The van der Waals surface area contributed by atoms with Crippen LogP contribution in [-0.4, -0.2) is 14.8 Å². The number of hydrogen-bond donors (Lipinski definition) is 1. The summed E-state index contributed by atoms with van der Waals surface area (Å²) >= 11 is 0. The van der Waals surface area contributed by atoms with Crippen molar-refractivity contribution in [1.29, 1.82) is 0 Å². The fourth-order valence-electron chi connectivity index (χ4n) is 1.18. The van der Waals surface area contributed by atoms with Crippen molar-refractivity contribution < 1.29 is 4.39 Å². The molecular formula is C9H9FN4. The summed E-state index contributed by atoms with van der Waals surface area (Å²) in [5, 5.41) is 3.93. The first-order valence-electron chi connectivity index (χ1n) is 4.09. The molecule has 14 heavy (non-hydrogen) atoms. The van der Waals surface area contributed by atoms with E-state index in [1.807, 2.05) is 0 Å². The lowest BCUT2D eigenvalue weighted by Gasteiger charge is -1.93. The molecule has 72 valence electrons. The van der Waals surface area contributed by atoms with Crippen LogP contribution in [0.2, 0.25) is 0 Å². The number of rotatable bonds is 1. The van der Waals surface area contributed by atoms with Gasteiger partial charge in [-0.15, -0.1) is 0 Å². The topological polar surface area (TPSA) is 56.7 Å². The molecule has 0 bridgehead atoms. The van der Waals surface area contributed by atoms with Crippen LogP contribution in [0.5, 0.6) is 0 Å². The van der Waals surface area contributed by atoms with Gasteiger partial charge in [0, 0.05) is 13.2 Å². The minimum absolute atomic E-state index is 0.0191. The Labute approximate surface area is 80.2 Å². The molecule has 0 aliphatic heterocycles. The van der Waals surface area contributed by atoms with Crippen molar-refractivity contribution in [2.45, 2.75) is 0 Å². The first-order valence-corrected chi connectivity index (χ1v) is 4.09. The molecule has 5 heteroatoms. The molecule has 2 aromatic heterocycles. The average Bonchev–Trinajstić information content (AvgIpc) is 2.47. The Morgan fingerprint density at radius 1 is 1.43 bits per heavy atom. The third-order valence-electron chi connectivity index (χ3n) is 1.94. The lowest BCUT2D eigenvalue weighted by atomic mass is 10.2. The van der Waals surface area contributed by atoms with Gasteiger partial charge in [0.05, 0.1) is 5.69 Å². The van der Waals surface area contributed by atoms with Crippen molar-refractivity contribution in [3.63, 3.8) is 0 Å². The zero-order valence-corrected chi connectivity index (χ0v) is 7.61. The summed E-state index contributed by atoms with van der Waals surface area (Å²) < 4.78 is 14.8. The molecule has 0 fully saturated rings. The fraction of sp³-hybridized carbons (Fsp3) is 0.111. The SMILES string of the molecule is Cn1nc(-c2ccccn2)c(F)c1N. The average molecular weight is 192 g/mol. The molecule has 2 rings (SSSR count). The summed E-state index contributed by atoms with van der Waals surface area (Å²) in [6, 6.07) is 5.21. The monoisotopic (exact) mass is 192 g/mol. The number of pyridine rings is 1. The third kappa shape index (κ3) is 1.22. The summed E-state index contributed by atoms with van der Waals surface area (Å²) in [5.74, 6) is -0.503. The Morgan fingerprint density at radius 2 is 2.21 bits per heavy atom. The van der Waals surface area contributed by atoms with Gasteiger partial charge in [-0.2, -0.15) is 5.10 Å². The molecular weight excluding hydrogens is 183 g/mol. The van der Waals surface area contributed by atoms with Gasteiger partial charge in [-0.1, -0.05) is 6.07 Å². The number of nitrogen functional groups attached to an aromatic ring is 1. The maximum absolute atomic E-state index is 13.5. The molecule has 0 saturated heterocycles. The van der Waals surface area contributed by atoms with Crippen molar-refractivity contribution in [2.75, 3.05) is 5.73 Å². The van der Waals surface area contributed by atoms with Crippen LogP contribution in [0, 0.1) is 5.82 Å². The maximum atomic E-state index is 13.5. The van der Waals surface area contributed by atoms with Gasteiger partial charge in [-0.3, -0.25) is 4.98 Å². The summed E-state index contributed by atoms with van der Waals surface area (Å²) in [7, 11) is 1.59. The highest BCUT2D eigenvalue weighted by molar-refractivity contribution is 5.59. The van der Waals surface area contributed by atoms with Crippen molar-refractivity contribution >= 4 is 5.82 Å². The van der Waals surface area contributed by atoms with Gasteiger partial charge < -0.3 is 5.73 Å². The molecule has 0 amide bonds. The molecule has 0 aliphatic carbocycles. The van der Waals surface area contributed by atoms with E-state index in [4.69, 9.17) is 5.73 Å². The number of nitrogens with two attached hydrogens (primary N) is 1. The van der Waals surface area contributed by atoms with Crippen LogP contribution in [0.3, 0.4) is 0 Å². The second-order valence-electron chi connectivity index (χ2n) is 2.89. The smallest absolute Gasteiger partial charge is 0.194 e. The Kier molecular flexibility index (Phi) is 1.92. The van der Waals surface area contributed by atoms with Crippen LogP contribution in [0.25, 0.3) is 11.4 Å². The van der Waals surface area contributed by atoms with E-state index < -0.39 is 5.82 Å². The third-order valence-corrected chi connectivity index (χ3v) is 1.94. The molecule has 2 heterocycles. The number of nitrogens with zero attached hydrogens (tertiary/aromatic N) is 3. The predicted octanol–water partition coefficient (Wildman–Crippen LogP) is 1.20. The van der Waals surface area contributed by atoms with Crippen LogP contribution in [0.4, 0.5) is 10.2 Å². The Bertz CT molecular complexity index is 449. The number of aromatic nitrogens is 3. The maximum Gasteiger partial charge on any atom is 0.194 e. The highest BCUT2D eigenvalue weighted by Crippen LogP contribution is 2.22. The van der Waals surface area contributed by atoms with E-state index in [1.54, 1.807) is 31.4 Å². The quantitative estimate of drug-likeness (QED) is 0.738. The highest BCUT2D eigenvalue weighted by Gasteiger charge is 2.15. The zero-order chi connectivity index (χ0) is 10.1. The number of hydrogen-bond acceptors (Lipinski definition) is 3. The van der Waals surface area contributed by atoms with Crippen molar-refractivity contribution in [3.05, 3.63) is 30.2 Å². The van der Waals surface area contributed by atoms with E-state index in [2.05, 4.69) is 10.1 Å². The van der Waals surface area contributed by atoms with E-state index in [9.17, 15) is 4.39 Å². The number of anilines is 1. The van der Waals surface area contributed by atoms with E-state index in [0.717, 1.165) is 0 Å². The Balaban J connectivity index is 2.58. The molecule has 0 aliphatic rings. The largest absolute Gasteiger partial charge is 0.381 e. The summed E-state index contributed by atoms with van der Waals surface area (Å²) in [6.45, 7) is 0. The minimum atomic E-state index is -0.522. The van der Waals surface area contributed by atoms with Crippen LogP contribution >= 0.6 is 0 Å². The molecule has 0 spiro atoms. The molecule has 0 aromatic carbocycles. The van der Waals surface area contributed by atoms with Crippen LogP contribution < -0.4 is 5.73 Å². The van der Waals surface area contributed by atoms with Crippen molar-refractivity contribution in [2.24, 2.45) is 7.05 Å². The number of halogens is 1. The van der Waals surface area contributed by atoms with Gasteiger partial charge in [0.1, 0.15) is 5.69 Å². The summed E-state index contributed by atoms with van der Waals surface area (Å²) in [4.78, 5) is 3.99. The fourth-order valence-corrected chi connectivity index (χ4v) is 1.18. The van der Waals surface area contributed by atoms with E-state index >= 15 is 0 Å². The normalized spacial score (nSPS) is 10.4. The van der Waals surface area contributed by atoms with E-state index in [1.165, 1.54) is 4.68 Å². The lowest BCUT2D eigenvalue weighted by molar-refractivity contribution is 0.633. The standard InChI is InChI=1S/C9H9FN4/c1-14-9(11)7(10)8(13-14)6-4-2-3-5-12-6/h2-5H,11H2,1H3. The zero-order valence-electron chi connectivity index (χ0n) is 7.61. The van der Waals surface area contributed by atoms with Crippen LogP contribution in [0.1, 0.15) is 0 Å². The summed E-state index contributed by atoms with van der Waals surface area (Å²) in [5.41, 5.74) is 6.11. The van der Waals surface area contributed by atoms with Gasteiger partial charge >= 0.3 is 0 Å². The Hall–Kier alpha value is -1.91. The molecule has 0 unspecified atom stereocenters. The molecule has 2 N–H and O–H groups in total. The first-order chi connectivity index (χ1) is 6.70. The molecule has 0 radical (unpaired) electrons. The molecule has 4 nitrogen and oxygen atoms in total. The second kappa shape index (κ2) is 3.10.